The normalized spacial score (nSPS) is 13.6. The number of ether oxygens (including phenoxy) is 1. The van der Waals surface area contributed by atoms with E-state index >= 15 is 0 Å². The number of methoxy groups -OCH3 is 1. The molecule has 0 saturated carbocycles. The van der Waals surface area contributed by atoms with Crippen LogP contribution in [-0.2, 0) is 11.8 Å². The van der Waals surface area contributed by atoms with Crippen molar-refractivity contribution in [3.8, 4) is 0 Å². The second-order valence-electron chi connectivity index (χ2n) is 4.64. The summed E-state index contributed by atoms with van der Waals surface area (Å²) in [4.78, 5) is 2.32. The van der Waals surface area contributed by atoms with Crippen molar-refractivity contribution < 1.29 is 4.74 Å². The van der Waals surface area contributed by atoms with Gasteiger partial charge in [-0.25, -0.2) is 0 Å². The zero-order valence-corrected chi connectivity index (χ0v) is 11.3. The van der Waals surface area contributed by atoms with Gasteiger partial charge in [-0.05, 0) is 13.8 Å². The van der Waals surface area contributed by atoms with E-state index in [1.165, 1.54) is 0 Å². The summed E-state index contributed by atoms with van der Waals surface area (Å²) < 4.78 is 6.90. The summed E-state index contributed by atoms with van der Waals surface area (Å²) in [5.41, 5.74) is 7.26. The molecule has 1 rings (SSSR count). The maximum Gasteiger partial charge on any atom is 0.0589 e. The van der Waals surface area contributed by atoms with Crippen LogP contribution in [-0.4, -0.2) is 47.5 Å². The van der Waals surface area contributed by atoms with E-state index in [-0.39, 0.29) is 6.04 Å². The lowest BCUT2D eigenvalue weighted by molar-refractivity contribution is 0.125. The van der Waals surface area contributed by atoms with Gasteiger partial charge in [0, 0.05) is 51.1 Å². The number of rotatable bonds is 7. The van der Waals surface area contributed by atoms with Crippen molar-refractivity contribution in [2.45, 2.75) is 25.9 Å². The van der Waals surface area contributed by atoms with E-state index in [1.54, 1.807) is 11.8 Å². The Kier molecular flexibility index (Phi) is 5.61. The number of hydrogen-bond acceptors (Lipinski definition) is 4. The van der Waals surface area contributed by atoms with Gasteiger partial charge in [-0.15, -0.1) is 0 Å². The molecule has 0 aromatic carbocycles. The highest BCUT2D eigenvalue weighted by Crippen LogP contribution is 2.12. The first-order chi connectivity index (χ1) is 8.04. The van der Waals surface area contributed by atoms with E-state index in [0.29, 0.717) is 6.04 Å². The summed E-state index contributed by atoms with van der Waals surface area (Å²) in [5.74, 6) is 0. The molecular weight excluding hydrogens is 216 g/mol. The van der Waals surface area contributed by atoms with Gasteiger partial charge in [0.25, 0.3) is 0 Å². The highest BCUT2D eigenvalue weighted by atomic mass is 16.5. The molecule has 0 aliphatic heterocycles. The molecule has 1 aromatic heterocycles. The van der Waals surface area contributed by atoms with Crippen LogP contribution in [0, 0.1) is 0 Å². The minimum atomic E-state index is 0.00274. The van der Waals surface area contributed by atoms with Gasteiger partial charge in [0.15, 0.2) is 0 Å². The minimum Gasteiger partial charge on any atom is -0.383 e. The average molecular weight is 240 g/mol. The highest BCUT2D eigenvalue weighted by Gasteiger charge is 2.15. The van der Waals surface area contributed by atoms with Gasteiger partial charge in [-0.2, -0.15) is 5.10 Å². The van der Waals surface area contributed by atoms with E-state index in [1.807, 2.05) is 19.4 Å². The number of aromatic nitrogens is 2. The van der Waals surface area contributed by atoms with Crippen LogP contribution in [0.4, 0.5) is 0 Å². The van der Waals surface area contributed by atoms with Gasteiger partial charge in [0.2, 0.25) is 0 Å². The van der Waals surface area contributed by atoms with Crippen LogP contribution < -0.4 is 5.73 Å². The molecule has 0 aliphatic rings. The van der Waals surface area contributed by atoms with Crippen molar-refractivity contribution >= 4 is 0 Å². The third-order valence-corrected chi connectivity index (χ3v) is 2.90. The maximum absolute atomic E-state index is 6.18. The van der Waals surface area contributed by atoms with Gasteiger partial charge in [0.05, 0.1) is 12.8 Å². The molecule has 1 heterocycles. The first-order valence-corrected chi connectivity index (χ1v) is 6.01. The molecule has 5 nitrogen and oxygen atoms in total. The van der Waals surface area contributed by atoms with Gasteiger partial charge in [-0.3, -0.25) is 9.58 Å². The van der Waals surface area contributed by atoms with Crippen LogP contribution in [0.1, 0.15) is 25.5 Å². The standard InChI is InChI=1S/C12H24N4O/c1-10(2)16(5-6-17-4)9-12(13)11-7-14-15(3)8-11/h7-8,10,12H,5-6,9,13H2,1-4H3. The lowest BCUT2D eigenvalue weighted by Crippen LogP contribution is -2.39. The summed E-state index contributed by atoms with van der Waals surface area (Å²) in [5, 5.41) is 4.15. The Bertz CT molecular complexity index is 324. The summed E-state index contributed by atoms with van der Waals surface area (Å²) in [6.07, 6.45) is 3.80. The smallest absolute Gasteiger partial charge is 0.0589 e. The molecule has 1 aromatic rings. The second kappa shape index (κ2) is 6.74. The largest absolute Gasteiger partial charge is 0.383 e. The molecule has 0 fully saturated rings. The molecule has 0 saturated heterocycles. The van der Waals surface area contributed by atoms with Gasteiger partial charge < -0.3 is 10.5 Å². The average Bonchev–Trinajstić information content (AvgIpc) is 2.70. The predicted molar refractivity (Wildman–Crippen MR) is 68.7 cm³/mol. The Morgan fingerprint density at radius 1 is 1.53 bits per heavy atom. The monoisotopic (exact) mass is 240 g/mol. The van der Waals surface area contributed by atoms with E-state index in [9.17, 15) is 0 Å². The Morgan fingerprint density at radius 3 is 2.71 bits per heavy atom. The molecule has 0 aliphatic carbocycles. The predicted octanol–water partition coefficient (Wildman–Crippen LogP) is 0.777. The van der Waals surface area contributed by atoms with E-state index in [4.69, 9.17) is 10.5 Å². The molecule has 0 spiro atoms. The number of aryl methyl sites for hydroxylation is 1. The minimum absolute atomic E-state index is 0.00274. The quantitative estimate of drug-likeness (QED) is 0.765. The molecule has 1 unspecified atom stereocenters. The van der Waals surface area contributed by atoms with Crippen molar-refractivity contribution in [2.24, 2.45) is 12.8 Å². The first-order valence-electron chi connectivity index (χ1n) is 6.01. The molecule has 0 radical (unpaired) electrons. The zero-order valence-electron chi connectivity index (χ0n) is 11.3. The summed E-state index contributed by atoms with van der Waals surface area (Å²) in [6, 6.07) is 0.468. The third-order valence-electron chi connectivity index (χ3n) is 2.90. The van der Waals surface area contributed by atoms with E-state index in [2.05, 4.69) is 23.8 Å². The van der Waals surface area contributed by atoms with Crippen LogP contribution in [0.3, 0.4) is 0 Å². The third kappa shape index (κ3) is 4.46. The van der Waals surface area contributed by atoms with Crippen LogP contribution in [0.5, 0.6) is 0 Å². The van der Waals surface area contributed by atoms with Crippen LogP contribution >= 0.6 is 0 Å². The second-order valence-corrected chi connectivity index (χ2v) is 4.64. The molecule has 1 atom stereocenters. The fourth-order valence-electron chi connectivity index (χ4n) is 1.76. The highest BCUT2D eigenvalue weighted by molar-refractivity contribution is 5.10. The Hall–Kier alpha value is -0.910. The van der Waals surface area contributed by atoms with Crippen LogP contribution in [0.2, 0.25) is 0 Å². The van der Waals surface area contributed by atoms with E-state index < -0.39 is 0 Å². The Morgan fingerprint density at radius 2 is 2.24 bits per heavy atom. The molecule has 0 bridgehead atoms. The Balaban J connectivity index is 2.54. The van der Waals surface area contributed by atoms with Crippen molar-refractivity contribution in [1.29, 1.82) is 0 Å². The summed E-state index contributed by atoms with van der Waals surface area (Å²) >= 11 is 0. The van der Waals surface area contributed by atoms with Crippen molar-refractivity contribution in [3.63, 3.8) is 0 Å². The van der Waals surface area contributed by atoms with E-state index in [0.717, 1.165) is 25.3 Å². The molecule has 2 N–H and O–H groups in total. The molecule has 5 heteroatoms. The molecule has 98 valence electrons. The zero-order chi connectivity index (χ0) is 12.8. The van der Waals surface area contributed by atoms with Crippen molar-refractivity contribution in [2.75, 3.05) is 26.8 Å². The fourth-order valence-corrected chi connectivity index (χ4v) is 1.76. The lowest BCUT2D eigenvalue weighted by Gasteiger charge is -2.28. The van der Waals surface area contributed by atoms with Crippen molar-refractivity contribution in [3.05, 3.63) is 18.0 Å². The van der Waals surface area contributed by atoms with Crippen molar-refractivity contribution in [1.82, 2.24) is 14.7 Å². The molecular formula is C12H24N4O. The lowest BCUT2D eigenvalue weighted by atomic mass is 10.1. The van der Waals surface area contributed by atoms with Crippen LogP contribution in [0.15, 0.2) is 12.4 Å². The van der Waals surface area contributed by atoms with Crippen LogP contribution in [0.25, 0.3) is 0 Å². The summed E-state index contributed by atoms with van der Waals surface area (Å²) in [6.45, 7) is 6.81. The molecule has 17 heavy (non-hydrogen) atoms. The SMILES string of the molecule is COCCN(CC(N)c1cnn(C)c1)C(C)C. The fraction of sp³-hybridized carbons (Fsp3) is 0.750. The Labute approximate surface area is 104 Å². The van der Waals surface area contributed by atoms with Gasteiger partial charge in [0.1, 0.15) is 0 Å². The number of nitrogens with two attached hydrogens (primary N) is 1. The number of hydrogen-bond donors (Lipinski definition) is 1. The molecule has 0 amide bonds. The number of nitrogens with zero attached hydrogens (tertiary/aromatic N) is 3. The van der Waals surface area contributed by atoms with Gasteiger partial charge in [-0.1, -0.05) is 0 Å². The van der Waals surface area contributed by atoms with Gasteiger partial charge >= 0.3 is 0 Å². The topological polar surface area (TPSA) is 56.3 Å². The first kappa shape index (κ1) is 14.2. The summed E-state index contributed by atoms with van der Waals surface area (Å²) in [7, 11) is 3.63. The maximum atomic E-state index is 6.18.